The first-order valence-corrected chi connectivity index (χ1v) is 7.68. The highest BCUT2D eigenvalue weighted by atomic mass is 15.1. The lowest BCUT2D eigenvalue weighted by Gasteiger charge is -1.96. The predicted molar refractivity (Wildman–Crippen MR) is 93.9 cm³/mol. The van der Waals surface area contributed by atoms with Gasteiger partial charge in [-0.2, -0.15) is 0 Å². The van der Waals surface area contributed by atoms with Crippen LogP contribution in [0.15, 0.2) is 60.7 Å². The average Bonchev–Trinajstić information content (AvgIpc) is 3.21. The lowest BCUT2D eigenvalue weighted by atomic mass is 10.1. The minimum Gasteiger partial charge on any atom is -0.354 e. The van der Waals surface area contributed by atoms with Crippen LogP contribution in [0.5, 0.6) is 0 Å². The van der Waals surface area contributed by atoms with Crippen molar-refractivity contribution in [2.24, 2.45) is 0 Å². The summed E-state index contributed by atoms with van der Waals surface area (Å²) in [5.74, 6) is 0.887. The molecular formula is C19H12N4. The second-order valence-electron chi connectivity index (χ2n) is 5.97. The van der Waals surface area contributed by atoms with Crippen LogP contribution in [0.3, 0.4) is 0 Å². The van der Waals surface area contributed by atoms with Crippen molar-refractivity contribution >= 4 is 49.7 Å². The summed E-state index contributed by atoms with van der Waals surface area (Å²) < 4.78 is 2.19. The number of aromatic nitrogens is 4. The molecule has 108 valence electrons. The van der Waals surface area contributed by atoms with E-state index in [1.54, 1.807) is 0 Å². The number of H-pyrrole nitrogens is 2. The summed E-state index contributed by atoms with van der Waals surface area (Å²) in [6, 6.07) is 21.1. The first-order chi connectivity index (χ1) is 11.4. The first-order valence-electron chi connectivity index (χ1n) is 7.68. The summed E-state index contributed by atoms with van der Waals surface area (Å²) in [6.07, 6.45) is 0. The Hall–Kier alpha value is -3.27. The van der Waals surface area contributed by atoms with Crippen molar-refractivity contribution in [3.8, 4) is 0 Å². The van der Waals surface area contributed by atoms with E-state index in [2.05, 4.69) is 67.9 Å². The summed E-state index contributed by atoms with van der Waals surface area (Å²) in [7, 11) is 0. The second-order valence-corrected chi connectivity index (χ2v) is 5.97. The summed E-state index contributed by atoms with van der Waals surface area (Å²) in [4.78, 5) is 11.7. The number of nitrogens with zero attached hydrogens (tertiary/aromatic N) is 2. The topological polar surface area (TPSA) is 48.9 Å². The van der Waals surface area contributed by atoms with E-state index in [0.29, 0.717) is 0 Å². The molecule has 6 rings (SSSR count). The van der Waals surface area contributed by atoms with E-state index in [1.807, 2.05) is 12.1 Å². The molecule has 0 bridgehead atoms. The van der Waals surface area contributed by atoms with Gasteiger partial charge in [0.15, 0.2) is 0 Å². The Kier molecular flexibility index (Phi) is 1.84. The van der Waals surface area contributed by atoms with E-state index < -0.39 is 0 Å². The van der Waals surface area contributed by atoms with Crippen LogP contribution >= 0.6 is 0 Å². The summed E-state index contributed by atoms with van der Waals surface area (Å²) in [5.41, 5.74) is 6.71. The molecule has 23 heavy (non-hydrogen) atoms. The number of hydrogen-bond acceptors (Lipinski definition) is 1. The molecule has 0 saturated carbocycles. The van der Waals surface area contributed by atoms with E-state index in [4.69, 9.17) is 0 Å². The molecule has 0 aliphatic heterocycles. The second kappa shape index (κ2) is 3.73. The molecule has 4 nitrogen and oxygen atoms in total. The lowest BCUT2D eigenvalue weighted by molar-refractivity contribution is 1.28. The third-order valence-electron chi connectivity index (χ3n) is 4.67. The van der Waals surface area contributed by atoms with Crippen LogP contribution in [-0.2, 0) is 0 Å². The van der Waals surface area contributed by atoms with Crippen molar-refractivity contribution in [3.05, 3.63) is 60.7 Å². The Bertz CT molecular complexity index is 1360. The lowest BCUT2D eigenvalue weighted by Crippen LogP contribution is -1.80. The molecule has 0 spiro atoms. The van der Waals surface area contributed by atoms with Gasteiger partial charge in [-0.1, -0.05) is 30.3 Å². The van der Waals surface area contributed by atoms with Crippen molar-refractivity contribution < 1.29 is 0 Å². The Labute approximate surface area is 130 Å². The molecule has 6 aromatic rings. The Morgan fingerprint density at radius 3 is 2.57 bits per heavy atom. The zero-order valence-electron chi connectivity index (χ0n) is 12.2. The van der Waals surface area contributed by atoms with E-state index in [0.717, 1.165) is 33.4 Å². The molecule has 3 aromatic heterocycles. The number of imidazole rings is 2. The highest BCUT2D eigenvalue weighted by Crippen LogP contribution is 2.31. The highest BCUT2D eigenvalue weighted by molar-refractivity contribution is 6.11. The largest absolute Gasteiger partial charge is 0.354 e. The minimum absolute atomic E-state index is 0.887. The zero-order chi connectivity index (χ0) is 15.0. The maximum atomic E-state index is 4.69. The van der Waals surface area contributed by atoms with Gasteiger partial charge in [0.1, 0.15) is 0 Å². The van der Waals surface area contributed by atoms with Gasteiger partial charge in [-0.25, -0.2) is 4.98 Å². The number of nitrogens with one attached hydrogen (secondary N) is 2. The molecular weight excluding hydrogens is 284 g/mol. The minimum atomic E-state index is 0.887. The maximum absolute atomic E-state index is 4.69. The Morgan fingerprint density at radius 1 is 0.696 bits per heavy atom. The molecule has 0 saturated heterocycles. The summed E-state index contributed by atoms with van der Waals surface area (Å²) in [5, 5.41) is 2.49. The fourth-order valence-electron chi connectivity index (χ4n) is 3.65. The molecule has 0 aliphatic carbocycles. The van der Waals surface area contributed by atoms with Gasteiger partial charge in [-0.05, 0) is 30.3 Å². The monoisotopic (exact) mass is 296 g/mol. The fraction of sp³-hybridized carbons (Fsp3) is 0. The maximum Gasteiger partial charge on any atom is 0.213 e. The van der Waals surface area contributed by atoms with Crippen molar-refractivity contribution in [2.75, 3.05) is 0 Å². The van der Waals surface area contributed by atoms with Gasteiger partial charge in [0, 0.05) is 21.8 Å². The SMILES string of the molecule is c1ccc2c(c1)nc1[nH]c3cc4c(cc3n12)[nH]c1ccccc14. The van der Waals surface area contributed by atoms with Gasteiger partial charge in [0.05, 0.1) is 22.1 Å². The van der Waals surface area contributed by atoms with Gasteiger partial charge in [-0.15, -0.1) is 0 Å². The van der Waals surface area contributed by atoms with Crippen LogP contribution in [0.25, 0.3) is 49.7 Å². The van der Waals surface area contributed by atoms with E-state index >= 15 is 0 Å². The van der Waals surface area contributed by atoms with Crippen LogP contribution in [-0.4, -0.2) is 19.4 Å². The number of rotatable bonds is 0. The molecule has 0 amide bonds. The fourth-order valence-corrected chi connectivity index (χ4v) is 3.65. The molecule has 3 aromatic carbocycles. The summed E-state index contributed by atoms with van der Waals surface area (Å²) >= 11 is 0. The highest BCUT2D eigenvalue weighted by Gasteiger charge is 2.12. The number of benzene rings is 3. The van der Waals surface area contributed by atoms with Crippen molar-refractivity contribution in [1.29, 1.82) is 0 Å². The molecule has 0 radical (unpaired) electrons. The van der Waals surface area contributed by atoms with Crippen LogP contribution in [0.4, 0.5) is 0 Å². The van der Waals surface area contributed by atoms with Crippen molar-refractivity contribution in [1.82, 2.24) is 19.4 Å². The quantitative estimate of drug-likeness (QED) is 0.423. The normalized spacial score (nSPS) is 12.3. The van der Waals surface area contributed by atoms with E-state index in [9.17, 15) is 0 Å². The summed E-state index contributed by atoms with van der Waals surface area (Å²) in [6.45, 7) is 0. The molecule has 3 heterocycles. The predicted octanol–water partition coefficient (Wildman–Crippen LogP) is 4.60. The van der Waals surface area contributed by atoms with Gasteiger partial charge in [0.2, 0.25) is 5.78 Å². The average molecular weight is 296 g/mol. The standard InChI is InChI=1S/C19H12N4/c1-2-6-13-11(5-1)12-9-16-18(10-15(12)20-13)23-17-8-4-3-7-14(17)21-19(23)22-16/h1-10,20H,(H,21,22). The van der Waals surface area contributed by atoms with E-state index in [-0.39, 0.29) is 0 Å². The Morgan fingerprint density at radius 2 is 1.57 bits per heavy atom. The van der Waals surface area contributed by atoms with Crippen LogP contribution < -0.4 is 0 Å². The van der Waals surface area contributed by atoms with Gasteiger partial charge < -0.3 is 9.97 Å². The van der Waals surface area contributed by atoms with Gasteiger partial charge in [0.25, 0.3) is 0 Å². The number of para-hydroxylation sites is 3. The van der Waals surface area contributed by atoms with Gasteiger partial charge >= 0.3 is 0 Å². The smallest absolute Gasteiger partial charge is 0.213 e. The molecule has 0 fully saturated rings. The Balaban J connectivity index is 1.86. The van der Waals surface area contributed by atoms with Crippen LogP contribution in [0.2, 0.25) is 0 Å². The third-order valence-corrected chi connectivity index (χ3v) is 4.67. The number of fused-ring (bicyclic) bond motifs is 8. The number of hydrogen-bond donors (Lipinski definition) is 2. The molecule has 0 atom stereocenters. The zero-order valence-corrected chi connectivity index (χ0v) is 12.2. The van der Waals surface area contributed by atoms with Crippen LogP contribution in [0, 0.1) is 0 Å². The van der Waals surface area contributed by atoms with E-state index in [1.165, 1.54) is 16.3 Å². The van der Waals surface area contributed by atoms with Crippen molar-refractivity contribution in [3.63, 3.8) is 0 Å². The molecule has 4 heteroatoms. The first kappa shape index (κ1) is 11.3. The van der Waals surface area contributed by atoms with Crippen LogP contribution in [0.1, 0.15) is 0 Å². The number of aromatic amines is 2. The van der Waals surface area contributed by atoms with Crippen molar-refractivity contribution in [2.45, 2.75) is 0 Å². The third kappa shape index (κ3) is 1.33. The molecule has 0 aliphatic rings. The molecule has 2 N–H and O–H groups in total. The van der Waals surface area contributed by atoms with Gasteiger partial charge in [-0.3, -0.25) is 4.40 Å². The molecule has 0 unspecified atom stereocenters.